The zero-order valence-electron chi connectivity index (χ0n) is 7.18. The highest BCUT2D eigenvalue weighted by Gasteiger charge is 1.88. The van der Waals surface area contributed by atoms with Crippen LogP contribution in [-0.4, -0.2) is 5.75 Å². The Bertz CT molecular complexity index is 94.9. The van der Waals surface area contributed by atoms with Crippen molar-refractivity contribution in [3.63, 3.8) is 0 Å². The molecule has 59 valence electrons. The van der Waals surface area contributed by atoms with Crippen LogP contribution in [0.2, 0.25) is 0 Å². The van der Waals surface area contributed by atoms with Crippen molar-refractivity contribution in [3.05, 3.63) is 17.4 Å². The number of thioether (sulfide) groups is 1. The smallest absolute Gasteiger partial charge is 0.0163 e. The molecule has 0 saturated heterocycles. The van der Waals surface area contributed by atoms with Gasteiger partial charge in [0, 0.05) is 5.75 Å². The third kappa shape index (κ3) is 6.21. The fraction of sp³-hybridized carbons (Fsp3) is 0.667. The van der Waals surface area contributed by atoms with Gasteiger partial charge in [-0.1, -0.05) is 18.6 Å². The summed E-state index contributed by atoms with van der Waals surface area (Å²) < 4.78 is 0. The summed E-state index contributed by atoms with van der Waals surface area (Å²) in [5, 5.41) is 0. The predicted octanol–water partition coefficient (Wildman–Crippen LogP) is 3.65. The molecule has 0 N–H and O–H groups in total. The van der Waals surface area contributed by atoms with Crippen molar-refractivity contribution in [2.24, 2.45) is 0 Å². The van der Waals surface area contributed by atoms with E-state index in [0.717, 1.165) is 0 Å². The topological polar surface area (TPSA) is 0 Å². The largest absolute Gasteiger partial charge is 0.157 e. The van der Waals surface area contributed by atoms with Crippen LogP contribution < -0.4 is 0 Å². The maximum Gasteiger partial charge on any atom is 0.0163 e. The van der Waals surface area contributed by atoms with Gasteiger partial charge in [-0.15, -0.1) is 0 Å². The Kier molecular flexibility index (Phi) is 7.26. The van der Waals surface area contributed by atoms with E-state index in [9.17, 15) is 0 Å². The van der Waals surface area contributed by atoms with Gasteiger partial charge in [0.25, 0.3) is 0 Å². The Morgan fingerprint density at radius 1 is 1.50 bits per heavy atom. The van der Waals surface area contributed by atoms with Gasteiger partial charge in [-0.25, -0.2) is 0 Å². The van der Waals surface area contributed by atoms with Gasteiger partial charge in [0.2, 0.25) is 0 Å². The summed E-state index contributed by atoms with van der Waals surface area (Å²) >= 11 is 1.93. The monoisotopic (exact) mass is 157 g/mol. The predicted molar refractivity (Wildman–Crippen MR) is 51.1 cm³/mol. The zero-order chi connectivity index (χ0) is 7.82. The Morgan fingerprint density at radius 3 is 2.70 bits per heavy atom. The van der Waals surface area contributed by atoms with Crippen molar-refractivity contribution in [1.82, 2.24) is 0 Å². The van der Waals surface area contributed by atoms with E-state index in [-0.39, 0.29) is 0 Å². The van der Waals surface area contributed by atoms with Crippen LogP contribution in [0.25, 0.3) is 0 Å². The summed E-state index contributed by atoms with van der Waals surface area (Å²) in [7, 11) is 0. The summed E-state index contributed by atoms with van der Waals surface area (Å²) in [4.78, 5) is 0. The molecule has 0 bridgehead atoms. The zero-order valence-corrected chi connectivity index (χ0v) is 8.00. The van der Waals surface area contributed by atoms with E-state index >= 15 is 0 Å². The molecule has 10 heavy (non-hydrogen) atoms. The fourth-order valence-electron chi connectivity index (χ4n) is 0.565. The number of allylic oxidation sites excluding steroid dienone is 2. The lowest BCUT2D eigenvalue weighted by Crippen LogP contribution is -1.80. The first kappa shape index (κ1) is 10.1. The average molecular weight is 157 g/mol. The maximum absolute atomic E-state index is 2.27. The first-order valence-electron chi connectivity index (χ1n) is 3.86. The van der Waals surface area contributed by atoms with E-state index in [4.69, 9.17) is 0 Å². The van der Waals surface area contributed by atoms with E-state index in [1.807, 2.05) is 11.8 Å². The second-order valence-electron chi connectivity index (χ2n) is 2.33. The molecule has 0 aliphatic heterocycles. The van der Waals surface area contributed by atoms with Gasteiger partial charge in [0.1, 0.15) is 0 Å². The van der Waals surface area contributed by atoms with Crippen LogP contribution in [0, 0.1) is 5.75 Å². The molecule has 0 fully saturated rings. The quantitative estimate of drug-likeness (QED) is 0.433. The lowest BCUT2D eigenvalue weighted by molar-refractivity contribution is 1.10. The van der Waals surface area contributed by atoms with E-state index in [1.54, 1.807) is 0 Å². The second kappa shape index (κ2) is 7.20. The lowest BCUT2D eigenvalue weighted by Gasteiger charge is -1.98. The summed E-state index contributed by atoms with van der Waals surface area (Å²) in [5.41, 5.74) is 1.50. The molecule has 1 heteroatoms. The van der Waals surface area contributed by atoms with E-state index in [1.165, 1.54) is 24.2 Å². The minimum Gasteiger partial charge on any atom is -0.157 e. The fourth-order valence-corrected chi connectivity index (χ4v) is 1.41. The molecule has 0 aliphatic rings. The summed E-state index contributed by atoms with van der Waals surface area (Å²) in [6.07, 6.45) is 4.60. The minimum absolute atomic E-state index is 1.18. The average Bonchev–Trinajstić information content (AvgIpc) is 1.98. The molecule has 0 nitrogen and oxygen atoms in total. The second-order valence-corrected chi connectivity index (χ2v) is 3.41. The first-order valence-corrected chi connectivity index (χ1v) is 4.91. The third-order valence-corrected chi connectivity index (χ3v) is 2.40. The SMILES string of the molecule is C/C=C(\C)CCS[CH]CC. The molecule has 0 atom stereocenters. The highest BCUT2D eigenvalue weighted by molar-refractivity contribution is 8.01. The molecular weight excluding hydrogens is 140 g/mol. The van der Waals surface area contributed by atoms with E-state index in [0.29, 0.717) is 0 Å². The minimum atomic E-state index is 1.18. The maximum atomic E-state index is 2.27. The molecule has 0 unspecified atom stereocenters. The Hall–Kier alpha value is 0.0900. The van der Waals surface area contributed by atoms with Crippen LogP contribution in [0.1, 0.15) is 33.6 Å². The first-order chi connectivity index (χ1) is 4.81. The van der Waals surface area contributed by atoms with Gasteiger partial charge in [-0.3, -0.25) is 0 Å². The number of rotatable bonds is 5. The van der Waals surface area contributed by atoms with Gasteiger partial charge in [0.05, 0.1) is 0 Å². The Labute approximate surface area is 69.1 Å². The standard InChI is InChI=1S/C9H17S/c1-4-7-10-8-6-9(3)5-2/h5,7H,4,6,8H2,1-3H3/b9-5+. The molecule has 0 heterocycles. The third-order valence-electron chi connectivity index (χ3n) is 1.39. The van der Waals surface area contributed by atoms with Gasteiger partial charge in [-0.2, -0.15) is 11.8 Å². The summed E-state index contributed by atoms with van der Waals surface area (Å²) in [6.45, 7) is 6.46. The molecule has 0 aromatic heterocycles. The van der Waals surface area contributed by atoms with Crippen LogP contribution in [0.5, 0.6) is 0 Å². The van der Waals surface area contributed by atoms with E-state index in [2.05, 4.69) is 32.6 Å². The molecule has 0 saturated carbocycles. The normalized spacial score (nSPS) is 12.1. The Balaban J connectivity index is 3.04. The van der Waals surface area contributed by atoms with Crippen molar-refractivity contribution in [2.45, 2.75) is 33.6 Å². The van der Waals surface area contributed by atoms with Crippen molar-refractivity contribution in [3.8, 4) is 0 Å². The van der Waals surface area contributed by atoms with Crippen molar-refractivity contribution in [1.29, 1.82) is 0 Å². The van der Waals surface area contributed by atoms with E-state index < -0.39 is 0 Å². The highest BCUT2D eigenvalue weighted by atomic mass is 32.2. The van der Waals surface area contributed by atoms with Gasteiger partial charge >= 0.3 is 0 Å². The number of hydrogen-bond donors (Lipinski definition) is 0. The Morgan fingerprint density at radius 2 is 2.20 bits per heavy atom. The van der Waals surface area contributed by atoms with Crippen LogP contribution >= 0.6 is 11.8 Å². The number of hydrogen-bond acceptors (Lipinski definition) is 1. The molecule has 0 aromatic rings. The van der Waals surface area contributed by atoms with Gasteiger partial charge < -0.3 is 0 Å². The molecule has 0 aliphatic carbocycles. The molecule has 0 rings (SSSR count). The molecule has 1 radical (unpaired) electrons. The van der Waals surface area contributed by atoms with Crippen molar-refractivity contribution < 1.29 is 0 Å². The molecule has 0 spiro atoms. The van der Waals surface area contributed by atoms with Crippen LogP contribution in [0.4, 0.5) is 0 Å². The summed E-state index contributed by atoms with van der Waals surface area (Å²) in [5.74, 6) is 3.51. The molecule has 0 aromatic carbocycles. The van der Waals surface area contributed by atoms with Crippen molar-refractivity contribution >= 4 is 11.8 Å². The van der Waals surface area contributed by atoms with Gasteiger partial charge in [0.15, 0.2) is 0 Å². The molecule has 0 amide bonds. The van der Waals surface area contributed by atoms with Crippen LogP contribution in [0.3, 0.4) is 0 Å². The summed E-state index contributed by atoms with van der Waals surface area (Å²) in [6, 6.07) is 0. The van der Waals surface area contributed by atoms with Gasteiger partial charge in [-0.05, 0) is 32.4 Å². The molecular formula is C9H17S. The lowest BCUT2D eigenvalue weighted by atomic mass is 10.2. The van der Waals surface area contributed by atoms with Crippen LogP contribution in [0.15, 0.2) is 11.6 Å². The van der Waals surface area contributed by atoms with Crippen LogP contribution in [-0.2, 0) is 0 Å². The highest BCUT2D eigenvalue weighted by Crippen LogP contribution is 2.12. The van der Waals surface area contributed by atoms with Crippen molar-refractivity contribution in [2.75, 3.05) is 5.75 Å².